The van der Waals surface area contributed by atoms with Crippen molar-refractivity contribution in [1.29, 1.82) is 0 Å². The minimum atomic E-state index is -0.275. The van der Waals surface area contributed by atoms with Gasteiger partial charge in [-0.25, -0.2) is 4.39 Å². The summed E-state index contributed by atoms with van der Waals surface area (Å²) in [6.07, 6.45) is 0.624. The largest absolute Gasteiger partial charge is 0.495 e. The number of hydrogen-bond acceptors (Lipinski definition) is 3. The van der Waals surface area contributed by atoms with Crippen molar-refractivity contribution in [3.8, 4) is 11.5 Å². The third-order valence-corrected chi connectivity index (χ3v) is 4.46. The van der Waals surface area contributed by atoms with E-state index in [0.29, 0.717) is 34.2 Å². The molecular formula is C18H17ClFNO3. The highest BCUT2D eigenvalue weighted by Gasteiger charge is 2.45. The molecule has 1 amide bonds. The number of hydrogen-bond donors (Lipinski definition) is 1. The van der Waals surface area contributed by atoms with E-state index in [1.54, 1.807) is 30.3 Å². The molecule has 2 unspecified atom stereocenters. The molecule has 2 aromatic rings. The van der Waals surface area contributed by atoms with Gasteiger partial charge in [-0.05, 0) is 30.0 Å². The highest BCUT2D eigenvalue weighted by atomic mass is 35.5. The smallest absolute Gasteiger partial charge is 0.228 e. The van der Waals surface area contributed by atoms with Crippen LogP contribution < -0.4 is 14.8 Å². The second-order valence-electron chi connectivity index (χ2n) is 5.65. The number of ether oxygens (including phenoxy) is 2. The minimum Gasteiger partial charge on any atom is -0.495 e. The van der Waals surface area contributed by atoms with Gasteiger partial charge >= 0.3 is 0 Å². The van der Waals surface area contributed by atoms with Gasteiger partial charge in [-0.1, -0.05) is 29.8 Å². The Bertz CT molecular complexity index is 781. The third-order valence-electron chi connectivity index (χ3n) is 4.16. The maximum atomic E-state index is 13.8. The fourth-order valence-corrected chi connectivity index (χ4v) is 3.03. The summed E-state index contributed by atoms with van der Waals surface area (Å²) in [6, 6.07) is 9.74. The Kier molecular flexibility index (Phi) is 4.62. The topological polar surface area (TPSA) is 47.6 Å². The molecule has 1 N–H and O–H groups in total. The van der Waals surface area contributed by atoms with Crippen LogP contribution >= 0.6 is 11.6 Å². The Balaban J connectivity index is 1.75. The predicted molar refractivity (Wildman–Crippen MR) is 90.4 cm³/mol. The molecule has 6 heteroatoms. The Morgan fingerprint density at radius 3 is 2.58 bits per heavy atom. The van der Waals surface area contributed by atoms with Crippen molar-refractivity contribution in [2.45, 2.75) is 12.3 Å². The fraction of sp³-hybridized carbons (Fsp3) is 0.278. The Morgan fingerprint density at radius 2 is 1.92 bits per heavy atom. The Morgan fingerprint density at radius 1 is 1.21 bits per heavy atom. The van der Waals surface area contributed by atoms with Crippen LogP contribution in [0.3, 0.4) is 0 Å². The quantitative estimate of drug-likeness (QED) is 0.878. The summed E-state index contributed by atoms with van der Waals surface area (Å²) in [5, 5.41) is 3.18. The molecule has 1 aliphatic carbocycles. The van der Waals surface area contributed by atoms with Gasteiger partial charge in [-0.3, -0.25) is 4.79 Å². The second kappa shape index (κ2) is 6.69. The molecule has 0 aromatic heterocycles. The van der Waals surface area contributed by atoms with Gasteiger partial charge in [-0.15, -0.1) is 0 Å². The summed E-state index contributed by atoms with van der Waals surface area (Å²) in [6.45, 7) is 0. The molecule has 2 atom stereocenters. The number of amides is 1. The lowest BCUT2D eigenvalue weighted by atomic mass is 10.1. The Labute approximate surface area is 144 Å². The monoisotopic (exact) mass is 349 g/mol. The van der Waals surface area contributed by atoms with E-state index in [1.165, 1.54) is 20.3 Å². The average Bonchev–Trinajstić information content (AvgIpc) is 3.36. The average molecular weight is 350 g/mol. The van der Waals surface area contributed by atoms with Gasteiger partial charge in [-0.2, -0.15) is 0 Å². The number of carbonyl (C=O) groups is 1. The predicted octanol–water partition coefficient (Wildman–Crippen LogP) is 4.24. The number of methoxy groups -OCH3 is 2. The van der Waals surface area contributed by atoms with E-state index in [1.807, 2.05) is 0 Å². The summed E-state index contributed by atoms with van der Waals surface area (Å²) in [5.74, 6) is 0.110. The van der Waals surface area contributed by atoms with Crippen molar-refractivity contribution in [3.63, 3.8) is 0 Å². The molecular weight excluding hydrogens is 333 g/mol. The van der Waals surface area contributed by atoms with Crippen molar-refractivity contribution in [2.75, 3.05) is 19.5 Å². The SMILES string of the molecule is COc1cc(OC)c(NC(=O)C2CC2c2ccccc2F)cc1Cl. The van der Waals surface area contributed by atoms with Gasteiger partial charge < -0.3 is 14.8 Å². The first-order valence-electron chi connectivity index (χ1n) is 7.52. The number of anilines is 1. The summed E-state index contributed by atoms with van der Waals surface area (Å²) < 4.78 is 24.2. The third kappa shape index (κ3) is 3.17. The molecule has 0 saturated heterocycles. The molecule has 0 heterocycles. The lowest BCUT2D eigenvalue weighted by molar-refractivity contribution is -0.117. The molecule has 0 radical (unpaired) electrons. The molecule has 1 fully saturated rings. The van der Waals surface area contributed by atoms with Crippen molar-refractivity contribution in [3.05, 3.63) is 52.8 Å². The molecule has 2 aromatic carbocycles. The zero-order valence-electron chi connectivity index (χ0n) is 13.3. The van der Waals surface area contributed by atoms with E-state index in [2.05, 4.69) is 5.32 Å². The van der Waals surface area contributed by atoms with E-state index in [0.717, 1.165) is 0 Å². The normalized spacial score (nSPS) is 18.8. The molecule has 1 saturated carbocycles. The van der Waals surface area contributed by atoms with Crippen LogP contribution in [0.4, 0.5) is 10.1 Å². The highest BCUT2D eigenvalue weighted by Crippen LogP contribution is 2.49. The van der Waals surface area contributed by atoms with Gasteiger partial charge in [0.2, 0.25) is 5.91 Å². The highest BCUT2D eigenvalue weighted by molar-refractivity contribution is 6.32. The zero-order valence-corrected chi connectivity index (χ0v) is 14.1. The van der Waals surface area contributed by atoms with Crippen LogP contribution in [0.15, 0.2) is 36.4 Å². The lowest BCUT2D eigenvalue weighted by Gasteiger charge is -2.13. The number of benzene rings is 2. The molecule has 0 bridgehead atoms. The number of rotatable bonds is 5. The van der Waals surface area contributed by atoms with Crippen LogP contribution in [-0.2, 0) is 4.79 Å². The van der Waals surface area contributed by atoms with Gasteiger partial charge in [0.1, 0.15) is 17.3 Å². The first kappa shape index (κ1) is 16.6. The number of carbonyl (C=O) groups excluding carboxylic acids is 1. The molecule has 126 valence electrons. The maximum absolute atomic E-state index is 13.8. The van der Waals surface area contributed by atoms with Crippen LogP contribution in [0.5, 0.6) is 11.5 Å². The van der Waals surface area contributed by atoms with Gasteiger partial charge in [0.05, 0.1) is 24.9 Å². The molecule has 0 spiro atoms. The van der Waals surface area contributed by atoms with Crippen LogP contribution in [0.2, 0.25) is 5.02 Å². The van der Waals surface area contributed by atoms with Gasteiger partial charge in [0.25, 0.3) is 0 Å². The number of halogens is 2. The van der Waals surface area contributed by atoms with E-state index >= 15 is 0 Å². The molecule has 24 heavy (non-hydrogen) atoms. The Hall–Kier alpha value is -2.27. The van der Waals surface area contributed by atoms with E-state index in [-0.39, 0.29) is 23.6 Å². The molecule has 4 nitrogen and oxygen atoms in total. The maximum Gasteiger partial charge on any atom is 0.228 e. The van der Waals surface area contributed by atoms with Crippen LogP contribution in [0.25, 0.3) is 0 Å². The van der Waals surface area contributed by atoms with Gasteiger partial charge in [0.15, 0.2) is 0 Å². The standard InChI is InChI=1S/C18H17ClFNO3/c1-23-16-9-17(24-2)15(8-13(16)19)21-18(22)12-7-11(12)10-5-3-4-6-14(10)20/h3-6,8-9,11-12H,7H2,1-2H3,(H,21,22). The van der Waals surface area contributed by atoms with Crippen LogP contribution in [0, 0.1) is 11.7 Å². The molecule has 0 aliphatic heterocycles. The summed E-state index contributed by atoms with van der Waals surface area (Å²) in [4.78, 5) is 12.4. The van der Waals surface area contributed by atoms with E-state index in [4.69, 9.17) is 21.1 Å². The minimum absolute atomic E-state index is 0.0917. The first-order chi connectivity index (χ1) is 11.5. The first-order valence-corrected chi connectivity index (χ1v) is 7.89. The van der Waals surface area contributed by atoms with Crippen molar-refractivity contribution in [1.82, 2.24) is 0 Å². The van der Waals surface area contributed by atoms with Gasteiger partial charge in [0, 0.05) is 12.0 Å². The second-order valence-corrected chi connectivity index (χ2v) is 6.05. The van der Waals surface area contributed by atoms with Crippen molar-refractivity contribution in [2.24, 2.45) is 5.92 Å². The van der Waals surface area contributed by atoms with E-state index in [9.17, 15) is 9.18 Å². The van der Waals surface area contributed by atoms with Crippen LogP contribution in [-0.4, -0.2) is 20.1 Å². The van der Waals surface area contributed by atoms with Crippen molar-refractivity contribution >= 4 is 23.2 Å². The van der Waals surface area contributed by atoms with Crippen molar-refractivity contribution < 1.29 is 18.7 Å². The van der Waals surface area contributed by atoms with Crippen LogP contribution in [0.1, 0.15) is 17.9 Å². The molecule has 1 aliphatic rings. The lowest BCUT2D eigenvalue weighted by Crippen LogP contribution is -2.15. The van der Waals surface area contributed by atoms with E-state index < -0.39 is 0 Å². The summed E-state index contributed by atoms with van der Waals surface area (Å²) in [7, 11) is 3.00. The molecule has 3 rings (SSSR count). The zero-order chi connectivity index (χ0) is 17.3. The fourth-order valence-electron chi connectivity index (χ4n) is 2.79. The summed E-state index contributed by atoms with van der Waals surface area (Å²) >= 11 is 6.10. The number of nitrogens with one attached hydrogen (secondary N) is 1. The summed E-state index contributed by atoms with van der Waals surface area (Å²) in [5.41, 5.74) is 1.05.